The highest BCUT2D eigenvalue weighted by Gasteiger charge is 2.31. The normalized spacial score (nSPS) is 16.9. The van der Waals surface area contributed by atoms with Crippen molar-refractivity contribution in [3.63, 3.8) is 0 Å². The van der Waals surface area contributed by atoms with Crippen LogP contribution < -0.4 is 10.1 Å². The molecule has 2 N–H and O–H groups in total. The fourth-order valence-corrected chi connectivity index (χ4v) is 2.64. The number of phenols is 1. The topological polar surface area (TPSA) is 61.8 Å². The van der Waals surface area contributed by atoms with Crippen molar-refractivity contribution >= 4 is 11.6 Å². The van der Waals surface area contributed by atoms with Crippen LogP contribution in [0, 0.1) is 0 Å². The van der Waals surface area contributed by atoms with Crippen LogP contribution >= 0.6 is 0 Å². The van der Waals surface area contributed by atoms with Crippen molar-refractivity contribution in [1.29, 1.82) is 0 Å². The lowest BCUT2D eigenvalue weighted by Gasteiger charge is -2.35. The number of rotatable bonds is 3. The van der Waals surface area contributed by atoms with Crippen LogP contribution in [0.4, 0.5) is 5.69 Å². The smallest absolute Gasteiger partial charge is 0.257 e. The van der Waals surface area contributed by atoms with E-state index in [-0.39, 0.29) is 11.7 Å². The number of carbonyl (C=O) groups is 1. The molecule has 22 heavy (non-hydrogen) atoms. The summed E-state index contributed by atoms with van der Waals surface area (Å²) in [4.78, 5) is 14.1. The highest BCUT2D eigenvalue weighted by Crippen LogP contribution is 2.36. The zero-order valence-corrected chi connectivity index (χ0v) is 12.5. The molecule has 0 saturated carbocycles. The number of hydrogen-bond acceptors (Lipinski definition) is 4. The van der Waals surface area contributed by atoms with Crippen LogP contribution in [0.15, 0.2) is 42.5 Å². The van der Waals surface area contributed by atoms with Crippen LogP contribution in [0.5, 0.6) is 11.5 Å². The van der Waals surface area contributed by atoms with Crippen LogP contribution in [0.25, 0.3) is 0 Å². The highest BCUT2D eigenvalue weighted by molar-refractivity contribution is 6.01. The predicted molar refractivity (Wildman–Crippen MR) is 84.2 cm³/mol. The minimum absolute atomic E-state index is 0.0828. The van der Waals surface area contributed by atoms with Gasteiger partial charge in [0.1, 0.15) is 17.7 Å². The summed E-state index contributed by atoms with van der Waals surface area (Å²) in [6, 6.07) is 12.4. The number of anilines is 1. The summed E-state index contributed by atoms with van der Waals surface area (Å²) in [5.74, 6) is 0.706. The highest BCUT2D eigenvalue weighted by atomic mass is 16.5. The van der Waals surface area contributed by atoms with Crippen molar-refractivity contribution in [2.24, 2.45) is 0 Å². The Morgan fingerprint density at radius 2 is 2.05 bits per heavy atom. The van der Waals surface area contributed by atoms with Gasteiger partial charge >= 0.3 is 0 Å². The van der Waals surface area contributed by atoms with E-state index < -0.39 is 6.17 Å². The number of nitrogens with one attached hydrogen (secondary N) is 1. The van der Waals surface area contributed by atoms with E-state index in [4.69, 9.17) is 4.74 Å². The molecule has 1 heterocycles. The van der Waals surface area contributed by atoms with Gasteiger partial charge in [-0.15, -0.1) is 0 Å². The van der Waals surface area contributed by atoms with E-state index >= 15 is 0 Å². The lowest BCUT2D eigenvalue weighted by atomic mass is 10.0. The fraction of sp³-hybridized carbons (Fsp3) is 0.235. The summed E-state index contributed by atoms with van der Waals surface area (Å²) in [6.45, 7) is 2.44. The van der Waals surface area contributed by atoms with Crippen molar-refractivity contribution in [3.05, 3.63) is 53.6 Å². The maximum absolute atomic E-state index is 12.5. The van der Waals surface area contributed by atoms with Crippen molar-refractivity contribution in [1.82, 2.24) is 4.90 Å². The van der Waals surface area contributed by atoms with E-state index in [1.54, 1.807) is 36.2 Å². The van der Waals surface area contributed by atoms with Gasteiger partial charge in [-0.05, 0) is 37.3 Å². The molecule has 1 amide bonds. The molecular formula is C17H18N2O3. The predicted octanol–water partition coefficient (Wildman–Crippen LogP) is 2.99. The number of hydrogen-bond donors (Lipinski definition) is 2. The van der Waals surface area contributed by atoms with E-state index in [0.29, 0.717) is 23.5 Å². The molecule has 5 heteroatoms. The summed E-state index contributed by atoms with van der Waals surface area (Å²) in [7, 11) is 1.71. The number of benzene rings is 2. The first-order valence-corrected chi connectivity index (χ1v) is 7.20. The molecular weight excluding hydrogens is 280 g/mol. The molecule has 0 aliphatic carbocycles. The first-order valence-electron chi connectivity index (χ1n) is 7.20. The lowest BCUT2D eigenvalue weighted by Crippen LogP contribution is -2.40. The van der Waals surface area contributed by atoms with E-state index in [0.717, 1.165) is 5.69 Å². The molecule has 0 saturated heterocycles. The minimum atomic E-state index is -0.442. The number of phenolic OH excluding ortho intramolecular Hbond substituents is 1. The second kappa shape index (κ2) is 5.60. The molecule has 0 aromatic heterocycles. The number of para-hydroxylation sites is 1. The largest absolute Gasteiger partial charge is 0.508 e. The molecule has 1 aliphatic rings. The van der Waals surface area contributed by atoms with Gasteiger partial charge in [-0.2, -0.15) is 0 Å². The van der Waals surface area contributed by atoms with Gasteiger partial charge in [0, 0.05) is 18.3 Å². The number of carbonyl (C=O) groups excluding carboxylic acids is 1. The number of nitrogens with zero attached hydrogens (tertiary/aromatic N) is 1. The van der Waals surface area contributed by atoms with E-state index in [1.807, 2.05) is 25.1 Å². The average molecular weight is 298 g/mol. The van der Waals surface area contributed by atoms with E-state index in [9.17, 15) is 9.90 Å². The van der Waals surface area contributed by atoms with E-state index in [1.165, 1.54) is 0 Å². The monoisotopic (exact) mass is 298 g/mol. The Morgan fingerprint density at radius 1 is 1.27 bits per heavy atom. The molecule has 0 radical (unpaired) electrons. The van der Waals surface area contributed by atoms with Crippen molar-refractivity contribution < 1.29 is 14.6 Å². The minimum Gasteiger partial charge on any atom is -0.508 e. The van der Waals surface area contributed by atoms with Crippen LogP contribution in [-0.2, 0) is 0 Å². The Labute approximate surface area is 129 Å². The molecule has 0 spiro atoms. The number of fused-ring (bicyclic) bond motifs is 1. The van der Waals surface area contributed by atoms with Crippen molar-refractivity contribution in [3.8, 4) is 11.5 Å². The van der Waals surface area contributed by atoms with Crippen molar-refractivity contribution in [2.45, 2.75) is 13.1 Å². The maximum atomic E-state index is 12.5. The summed E-state index contributed by atoms with van der Waals surface area (Å²) >= 11 is 0. The van der Waals surface area contributed by atoms with Gasteiger partial charge in [0.05, 0.1) is 12.2 Å². The van der Waals surface area contributed by atoms with Crippen LogP contribution in [0.3, 0.4) is 0 Å². The Morgan fingerprint density at radius 3 is 2.82 bits per heavy atom. The maximum Gasteiger partial charge on any atom is 0.257 e. The molecule has 5 nitrogen and oxygen atoms in total. The Kier molecular flexibility index (Phi) is 3.63. The van der Waals surface area contributed by atoms with Gasteiger partial charge < -0.3 is 20.1 Å². The summed E-state index contributed by atoms with van der Waals surface area (Å²) in [5, 5.41) is 13.5. The molecule has 1 atom stereocenters. The zero-order valence-electron chi connectivity index (χ0n) is 12.5. The number of amides is 1. The van der Waals surface area contributed by atoms with Gasteiger partial charge in [-0.1, -0.05) is 12.1 Å². The third-order valence-corrected chi connectivity index (χ3v) is 3.76. The van der Waals surface area contributed by atoms with Crippen LogP contribution in [0.1, 0.15) is 29.0 Å². The standard InChI is InChI=1S/C17H18N2O3/c1-3-22-11-8-9-15(20)13(10-11)16-18-14-7-5-4-6-12(14)17(21)19(16)2/h4-10,16,18,20H,3H2,1-2H3/t16-/m0/s1. The van der Waals surface area contributed by atoms with Gasteiger partial charge in [0.15, 0.2) is 0 Å². The molecule has 2 aromatic carbocycles. The Hall–Kier alpha value is -2.69. The first-order chi connectivity index (χ1) is 10.6. The van der Waals surface area contributed by atoms with Crippen LogP contribution in [0.2, 0.25) is 0 Å². The van der Waals surface area contributed by atoms with Gasteiger partial charge in [0.2, 0.25) is 0 Å². The molecule has 0 unspecified atom stereocenters. The molecule has 0 fully saturated rings. The third kappa shape index (κ3) is 2.35. The van der Waals surface area contributed by atoms with E-state index in [2.05, 4.69) is 5.32 Å². The quantitative estimate of drug-likeness (QED) is 0.914. The average Bonchev–Trinajstić information content (AvgIpc) is 2.53. The Balaban J connectivity index is 2.02. The lowest BCUT2D eigenvalue weighted by molar-refractivity contribution is 0.0734. The number of ether oxygens (including phenoxy) is 1. The fourth-order valence-electron chi connectivity index (χ4n) is 2.64. The summed E-state index contributed by atoms with van der Waals surface area (Å²) in [6.07, 6.45) is -0.442. The molecule has 0 bridgehead atoms. The summed E-state index contributed by atoms with van der Waals surface area (Å²) < 4.78 is 5.48. The van der Waals surface area contributed by atoms with Gasteiger partial charge in [-0.25, -0.2) is 0 Å². The van der Waals surface area contributed by atoms with Crippen molar-refractivity contribution in [2.75, 3.05) is 19.0 Å². The summed E-state index contributed by atoms with van der Waals surface area (Å²) in [5.41, 5.74) is 2.00. The van der Waals surface area contributed by atoms with Crippen LogP contribution in [-0.4, -0.2) is 29.6 Å². The molecule has 3 rings (SSSR count). The third-order valence-electron chi connectivity index (χ3n) is 3.76. The molecule has 2 aromatic rings. The Bertz CT molecular complexity index is 715. The van der Waals surface area contributed by atoms with Gasteiger partial charge in [-0.3, -0.25) is 4.79 Å². The second-order valence-electron chi connectivity index (χ2n) is 5.16. The van der Waals surface area contributed by atoms with Gasteiger partial charge in [0.25, 0.3) is 5.91 Å². The first kappa shape index (κ1) is 14.3. The SMILES string of the molecule is CCOc1ccc(O)c([C@H]2Nc3ccccc3C(=O)N2C)c1. The second-order valence-corrected chi connectivity index (χ2v) is 5.16. The number of aromatic hydroxyl groups is 1. The molecule has 1 aliphatic heterocycles. The zero-order chi connectivity index (χ0) is 15.7. The molecule has 114 valence electrons.